The fraction of sp³-hybridized carbons (Fsp3) is 0.444. The number of carbonyl (C=O) groups is 1. The van der Waals surface area contributed by atoms with E-state index in [9.17, 15) is 14.9 Å². The number of thiophene rings is 1. The summed E-state index contributed by atoms with van der Waals surface area (Å²) in [6.45, 7) is 1.78. The molecule has 8 heteroatoms. The molecule has 0 atom stereocenters. The van der Waals surface area contributed by atoms with Crippen LogP contribution in [0.3, 0.4) is 0 Å². The number of aromatic nitrogens is 2. The number of aryl methyl sites for hydroxylation is 2. The Morgan fingerprint density at radius 3 is 2.88 bits per heavy atom. The van der Waals surface area contributed by atoms with Crippen LogP contribution in [0.5, 0.6) is 0 Å². The van der Waals surface area contributed by atoms with Gasteiger partial charge in [-0.3, -0.25) is 9.59 Å². The largest absolute Gasteiger partial charge is 0.317 e. The molecule has 0 fully saturated rings. The number of nitrogens with one attached hydrogen (secondary N) is 2. The standard InChI is InChI=1S/C18H20N4O2S2/c1-10-11(16(24)22-18(20-10)25-2)7-8-15(23)21-17-13(9-19)12-5-3-4-6-14(12)26-17/h3-8H2,1-2H3,(H,21,23)(H,20,22,24). The van der Waals surface area contributed by atoms with E-state index in [0.717, 1.165) is 31.2 Å². The quantitative estimate of drug-likeness (QED) is 0.605. The smallest absolute Gasteiger partial charge is 0.254 e. The minimum Gasteiger partial charge on any atom is -0.317 e. The molecule has 0 aliphatic heterocycles. The molecule has 3 rings (SSSR count). The van der Waals surface area contributed by atoms with Gasteiger partial charge in [-0.05, 0) is 50.8 Å². The van der Waals surface area contributed by atoms with Crippen LogP contribution in [0.15, 0.2) is 9.95 Å². The van der Waals surface area contributed by atoms with Crippen LogP contribution < -0.4 is 10.9 Å². The van der Waals surface area contributed by atoms with E-state index in [1.165, 1.54) is 28.0 Å². The highest BCUT2D eigenvalue weighted by atomic mass is 32.2. The van der Waals surface area contributed by atoms with Gasteiger partial charge < -0.3 is 10.3 Å². The Labute approximate surface area is 160 Å². The number of nitrogens with zero attached hydrogens (tertiary/aromatic N) is 2. The zero-order chi connectivity index (χ0) is 18.7. The number of aromatic amines is 1. The molecule has 1 aliphatic rings. The first-order chi connectivity index (χ1) is 12.5. The Hall–Kier alpha value is -2.11. The van der Waals surface area contributed by atoms with Crippen molar-refractivity contribution in [2.45, 2.75) is 50.6 Å². The second-order valence-corrected chi connectivity index (χ2v) is 8.11. The van der Waals surface area contributed by atoms with Crippen LogP contribution in [0.4, 0.5) is 5.00 Å². The fourth-order valence-corrected chi connectivity index (χ4v) is 4.85. The van der Waals surface area contributed by atoms with Crippen molar-refractivity contribution in [3.63, 3.8) is 0 Å². The molecule has 1 aliphatic carbocycles. The molecule has 0 saturated heterocycles. The van der Waals surface area contributed by atoms with Crippen LogP contribution in [-0.2, 0) is 24.1 Å². The maximum atomic E-state index is 12.4. The van der Waals surface area contributed by atoms with Crippen LogP contribution in [0.1, 0.15) is 46.5 Å². The molecule has 2 aromatic heterocycles. The van der Waals surface area contributed by atoms with Crippen LogP contribution in [-0.4, -0.2) is 22.1 Å². The van der Waals surface area contributed by atoms with Crippen molar-refractivity contribution >= 4 is 34.0 Å². The predicted octanol–water partition coefficient (Wildman–Crippen LogP) is 3.18. The molecule has 0 spiro atoms. The second-order valence-electron chi connectivity index (χ2n) is 6.21. The highest BCUT2D eigenvalue weighted by Gasteiger charge is 2.22. The molecule has 0 unspecified atom stereocenters. The normalized spacial score (nSPS) is 13.1. The molecule has 0 bridgehead atoms. The van der Waals surface area contributed by atoms with E-state index in [4.69, 9.17) is 0 Å². The van der Waals surface area contributed by atoms with Crippen LogP contribution in [0.2, 0.25) is 0 Å². The molecule has 6 nitrogen and oxygen atoms in total. The molecule has 0 radical (unpaired) electrons. The summed E-state index contributed by atoms with van der Waals surface area (Å²) < 4.78 is 0. The Bertz CT molecular complexity index is 940. The molecule has 136 valence electrons. The Balaban J connectivity index is 1.70. The van der Waals surface area contributed by atoms with Crippen molar-refractivity contribution in [2.75, 3.05) is 11.6 Å². The lowest BCUT2D eigenvalue weighted by Gasteiger charge is -2.09. The van der Waals surface area contributed by atoms with Gasteiger partial charge in [-0.15, -0.1) is 11.3 Å². The molecule has 2 N–H and O–H groups in total. The van der Waals surface area contributed by atoms with Gasteiger partial charge in [0.05, 0.1) is 5.56 Å². The summed E-state index contributed by atoms with van der Waals surface area (Å²) in [7, 11) is 0. The average Bonchev–Trinajstić information content (AvgIpc) is 2.97. The number of H-pyrrole nitrogens is 1. The predicted molar refractivity (Wildman–Crippen MR) is 104 cm³/mol. The highest BCUT2D eigenvalue weighted by molar-refractivity contribution is 7.98. The summed E-state index contributed by atoms with van der Waals surface area (Å²) in [5.74, 6) is -0.187. The lowest BCUT2D eigenvalue weighted by molar-refractivity contribution is -0.116. The average molecular weight is 389 g/mol. The van der Waals surface area contributed by atoms with Crippen molar-refractivity contribution in [1.29, 1.82) is 5.26 Å². The maximum Gasteiger partial charge on any atom is 0.254 e. The first-order valence-corrected chi connectivity index (χ1v) is 10.6. The van der Waals surface area contributed by atoms with Gasteiger partial charge in [-0.25, -0.2) is 4.98 Å². The fourth-order valence-electron chi connectivity index (χ4n) is 3.18. The molecule has 26 heavy (non-hydrogen) atoms. The molecule has 2 heterocycles. The van der Waals surface area contributed by atoms with Gasteiger partial charge in [-0.2, -0.15) is 5.26 Å². The molecule has 0 aromatic carbocycles. The first kappa shape index (κ1) is 18.7. The van der Waals surface area contributed by atoms with Gasteiger partial charge in [0.25, 0.3) is 5.56 Å². The number of anilines is 1. The van der Waals surface area contributed by atoms with E-state index in [-0.39, 0.29) is 17.9 Å². The van der Waals surface area contributed by atoms with E-state index in [1.54, 1.807) is 6.92 Å². The third-order valence-electron chi connectivity index (χ3n) is 4.53. The number of rotatable bonds is 5. The summed E-state index contributed by atoms with van der Waals surface area (Å²) in [4.78, 5) is 32.8. The Kier molecular flexibility index (Phi) is 5.79. The zero-order valence-corrected chi connectivity index (χ0v) is 16.4. The monoisotopic (exact) mass is 388 g/mol. The summed E-state index contributed by atoms with van der Waals surface area (Å²) in [6.07, 6.45) is 6.45. The Morgan fingerprint density at radius 1 is 1.42 bits per heavy atom. The van der Waals surface area contributed by atoms with E-state index < -0.39 is 0 Å². The number of carbonyl (C=O) groups excluding carboxylic acids is 1. The number of hydrogen-bond donors (Lipinski definition) is 2. The lowest BCUT2D eigenvalue weighted by atomic mass is 9.96. The van der Waals surface area contributed by atoms with Crippen molar-refractivity contribution in [2.24, 2.45) is 0 Å². The lowest BCUT2D eigenvalue weighted by Crippen LogP contribution is -2.20. The maximum absolute atomic E-state index is 12.4. The summed E-state index contributed by atoms with van der Waals surface area (Å²) in [6, 6.07) is 2.24. The number of fused-ring (bicyclic) bond motifs is 1. The third-order valence-corrected chi connectivity index (χ3v) is 6.32. The minimum absolute atomic E-state index is 0.178. The van der Waals surface area contributed by atoms with Gasteiger partial charge in [0.1, 0.15) is 11.1 Å². The van der Waals surface area contributed by atoms with Gasteiger partial charge in [0, 0.05) is 22.6 Å². The minimum atomic E-state index is -0.195. The van der Waals surface area contributed by atoms with E-state index >= 15 is 0 Å². The molecular weight excluding hydrogens is 368 g/mol. The Morgan fingerprint density at radius 2 is 2.19 bits per heavy atom. The number of amides is 1. The van der Waals surface area contributed by atoms with Crippen molar-refractivity contribution in [1.82, 2.24) is 9.97 Å². The van der Waals surface area contributed by atoms with E-state index in [1.807, 2.05) is 6.26 Å². The highest BCUT2D eigenvalue weighted by Crippen LogP contribution is 2.37. The van der Waals surface area contributed by atoms with Gasteiger partial charge in [0.2, 0.25) is 5.91 Å². The van der Waals surface area contributed by atoms with Crippen molar-refractivity contribution in [3.05, 3.63) is 37.6 Å². The van der Waals surface area contributed by atoms with Gasteiger partial charge >= 0.3 is 0 Å². The van der Waals surface area contributed by atoms with Gasteiger partial charge in [-0.1, -0.05) is 11.8 Å². The van der Waals surface area contributed by atoms with E-state index in [0.29, 0.717) is 33.4 Å². The number of hydrogen-bond acceptors (Lipinski definition) is 6. The second kappa shape index (κ2) is 8.06. The molecule has 1 amide bonds. The topological polar surface area (TPSA) is 98.6 Å². The summed E-state index contributed by atoms with van der Waals surface area (Å²) in [5.41, 5.74) is 2.69. The first-order valence-electron chi connectivity index (χ1n) is 8.51. The molecular formula is C18H20N4O2S2. The van der Waals surface area contributed by atoms with Crippen molar-refractivity contribution in [3.8, 4) is 6.07 Å². The third kappa shape index (κ3) is 3.84. The van der Waals surface area contributed by atoms with E-state index in [2.05, 4.69) is 21.4 Å². The van der Waals surface area contributed by atoms with Gasteiger partial charge in [0.15, 0.2) is 5.16 Å². The molecule has 0 saturated carbocycles. The number of nitriles is 1. The molecule has 2 aromatic rings. The SMILES string of the molecule is CSc1nc(C)c(CCC(=O)Nc2sc3c(c2C#N)CCCC3)c(=O)[nH]1. The van der Waals surface area contributed by atoms with Crippen LogP contribution in [0.25, 0.3) is 0 Å². The summed E-state index contributed by atoms with van der Waals surface area (Å²) >= 11 is 2.88. The zero-order valence-electron chi connectivity index (χ0n) is 14.8. The van der Waals surface area contributed by atoms with Crippen molar-refractivity contribution < 1.29 is 4.79 Å². The number of thioether (sulfide) groups is 1. The summed E-state index contributed by atoms with van der Waals surface area (Å²) in [5, 5.41) is 13.5. The van der Waals surface area contributed by atoms with Crippen LogP contribution >= 0.6 is 23.1 Å². The van der Waals surface area contributed by atoms with Crippen LogP contribution in [0, 0.1) is 18.3 Å².